The molecular formula is C13H21N3O2S. The van der Waals surface area contributed by atoms with E-state index in [0.717, 1.165) is 11.3 Å². The lowest BCUT2D eigenvalue weighted by molar-refractivity contribution is 0.439. The first kappa shape index (κ1) is 14.1. The van der Waals surface area contributed by atoms with Gasteiger partial charge in [0, 0.05) is 24.8 Å². The third-order valence-electron chi connectivity index (χ3n) is 3.54. The van der Waals surface area contributed by atoms with E-state index < -0.39 is 10.2 Å². The zero-order chi connectivity index (χ0) is 14.2. The molecule has 1 aliphatic rings. The third kappa shape index (κ3) is 2.30. The van der Waals surface area contributed by atoms with E-state index in [-0.39, 0.29) is 6.04 Å². The van der Waals surface area contributed by atoms with Gasteiger partial charge in [0.15, 0.2) is 0 Å². The molecule has 0 radical (unpaired) electrons. The Hall–Kier alpha value is -1.27. The fraction of sp³-hybridized carbons (Fsp3) is 0.538. The van der Waals surface area contributed by atoms with Crippen LogP contribution in [0.1, 0.15) is 26.3 Å². The predicted octanol–water partition coefficient (Wildman–Crippen LogP) is 1.61. The second-order valence-electron chi connectivity index (χ2n) is 4.83. The lowest BCUT2D eigenvalue weighted by Gasteiger charge is -2.30. The van der Waals surface area contributed by atoms with Crippen LogP contribution in [0, 0.1) is 0 Å². The summed E-state index contributed by atoms with van der Waals surface area (Å²) in [6, 6.07) is 5.35. The van der Waals surface area contributed by atoms with Gasteiger partial charge in [0.2, 0.25) is 0 Å². The summed E-state index contributed by atoms with van der Waals surface area (Å²) >= 11 is 0. The number of hydrogen-bond acceptors (Lipinski definition) is 3. The Morgan fingerprint density at radius 1 is 1.37 bits per heavy atom. The third-order valence-corrected chi connectivity index (χ3v) is 5.76. The first-order chi connectivity index (χ1) is 8.91. The molecule has 106 valence electrons. The second kappa shape index (κ2) is 5.02. The minimum Gasteiger partial charge on any atom is -0.399 e. The summed E-state index contributed by atoms with van der Waals surface area (Å²) in [5, 5.41) is 0. The molecule has 0 aliphatic carbocycles. The van der Waals surface area contributed by atoms with Crippen molar-refractivity contribution >= 4 is 21.6 Å². The van der Waals surface area contributed by atoms with Crippen molar-refractivity contribution in [1.29, 1.82) is 0 Å². The van der Waals surface area contributed by atoms with E-state index in [4.69, 9.17) is 5.73 Å². The first-order valence-corrected chi connectivity index (χ1v) is 7.99. The lowest BCUT2D eigenvalue weighted by Crippen LogP contribution is -2.46. The van der Waals surface area contributed by atoms with Crippen molar-refractivity contribution in [3.05, 3.63) is 23.8 Å². The van der Waals surface area contributed by atoms with E-state index in [2.05, 4.69) is 0 Å². The van der Waals surface area contributed by atoms with E-state index in [1.165, 1.54) is 8.61 Å². The zero-order valence-corrected chi connectivity index (χ0v) is 12.4. The Morgan fingerprint density at radius 2 is 2.00 bits per heavy atom. The number of nitrogens with two attached hydrogens (primary N) is 1. The molecule has 0 saturated carbocycles. The normalized spacial score (nSPS) is 18.9. The van der Waals surface area contributed by atoms with Gasteiger partial charge in [0.25, 0.3) is 0 Å². The molecule has 0 fully saturated rings. The Kier molecular flexibility index (Phi) is 3.73. The van der Waals surface area contributed by atoms with Gasteiger partial charge >= 0.3 is 10.2 Å². The topological polar surface area (TPSA) is 66.6 Å². The molecule has 1 aromatic rings. The molecule has 0 bridgehead atoms. The summed E-state index contributed by atoms with van der Waals surface area (Å²) in [6.45, 7) is 6.59. The molecule has 6 heteroatoms. The van der Waals surface area contributed by atoms with Gasteiger partial charge in [-0.2, -0.15) is 12.7 Å². The van der Waals surface area contributed by atoms with E-state index in [1.54, 1.807) is 12.1 Å². The van der Waals surface area contributed by atoms with Crippen LogP contribution in [-0.4, -0.2) is 31.9 Å². The molecule has 5 nitrogen and oxygen atoms in total. The van der Waals surface area contributed by atoms with Crippen LogP contribution in [0.2, 0.25) is 0 Å². The number of rotatable bonds is 4. The van der Waals surface area contributed by atoms with Crippen LogP contribution in [0.25, 0.3) is 0 Å². The van der Waals surface area contributed by atoms with Crippen molar-refractivity contribution in [3.8, 4) is 0 Å². The minimum absolute atomic E-state index is 0.0672. The van der Waals surface area contributed by atoms with Crippen LogP contribution < -0.4 is 10.0 Å². The van der Waals surface area contributed by atoms with Crippen LogP contribution in [0.3, 0.4) is 0 Å². The van der Waals surface area contributed by atoms with Gasteiger partial charge in [-0.15, -0.1) is 0 Å². The molecule has 0 saturated heterocycles. The standard InChI is InChI=1S/C13H21N3O2S/c1-4-15(5-2)19(17,18)16-10(3)8-11-9-12(14)6-7-13(11)16/h6-7,9-10H,4-5,8,14H2,1-3H3. The van der Waals surface area contributed by atoms with Gasteiger partial charge in [0.05, 0.1) is 5.69 Å². The van der Waals surface area contributed by atoms with Crippen LogP contribution in [0.5, 0.6) is 0 Å². The van der Waals surface area contributed by atoms with Crippen molar-refractivity contribution in [2.24, 2.45) is 0 Å². The number of nitrogen functional groups attached to an aromatic ring is 1. The summed E-state index contributed by atoms with van der Waals surface area (Å²) in [4.78, 5) is 0. The molecule has 1 atom stereocenters. The summed E-state index contributed by atoms with van der Waals surface area (Å²) in [7, 11) is -3.45. The van der Waals surface area contributed by atoms with Crippen LogP contribution in [0.4, 0.5) is 11.4 Å². The average Bonchev–Trinajstić information content (AvgIpc) is 2.65. The molecule has 1 heterocycles. The van der Waals surface area contributed by atoms with Crippen molar-refractivity contribution in [2.75, 3.05) is 23.1 Å². The largest absolute Gasteiger partial charge is 0.399 e. The molecule has 1 aromatic carbocycles. The highest BCUT2D eigenvalue weighted by Gasteiger charge is 2.37. The van der Waals surface area contributed by atoms with Crippen LogP contribution in [-0.2, 0) is 16.6 Å². The molecule has 0 amide bonds. The van der Waals surface area contributed by atoms with Gasteiger partial charge in [0.1, 0.15) is 0 Å². The lowest BCUT2D eigenvalue weighted by atomic mass is 10.1. The minimum atomic E-state index is -3.45. The Bertz CT molecular complexity index is 567. The van der Waals surface area contributed by atoms with Gasteiger partial charge in [-0.3, -0.25) is 4.31 Å². The Labute approximate surface area is 115 Å². The molecule has 0 spiro atoms. The molecule has 2 N–H and O–H groups in total. The van der Waals surface area contributed by atoms with E-state index in [1.807, 2.05) is 26.8 Å². The summed E-state index contributed by atoms with van der Waals surface area (Å²) in [5.74, 6) is 0. The van der Waals surface area contributed by atoms with Gasteiger partial charge in [-0.25, -0.2) is 0 Å². The van der Waals surface area contributed by atoms with Crippen molar-refractivity contribution in [1.82, 2.24) is 4.31 Å². The van der Waals surface area contributed by atoms with Gasteiger partial charge < -0.3 is 5.73 Å². The SMILES string of the molecule is CCN(CC)S(=O)(=O)N1c2ccc(N)cc2CC1C. The predicted molar refractivity (Wildman–Crippen MR) is 78.3 cm³/mol. The fourth-order valence-corrected chi connectivity index (χ4v) is 4.51. The number of benzene rings is 1. The number of nitrogens with zero attached hydrogens (tertiary/aromatic N) is 2. The maximum absolute atomic E-state index is 12.7. The fourth-order valence-electron chi connectivity index (χ4n) is 2.65. The average molecular weight is 283 g/mol. The van der Waals surface area contributed by atoms with Gasteiger partial charge in [-0.1, -0.05) is 13.8 Å². The summed E-state index contributed by atoms with van der Waals surface area (Å²) in [5.41, 5.74) is 8.20. The highest BCUT2D eigenvalue weighted by molar-refractivity contribution is 7.90. The molecule has 1 unspecified atom stereocenters. The first-order valence-electron chi connectivity index (χ1n) is 6.59. The molecular weight excluding hydrogens is 262 g/mol. The summed E-state index contributed by atoms with van der Waals surface area (Å²) in [6.07, 6.45) is 0.709. The van der Waals surface area contributed by atoms with Crippen molar-refractivity contribution < 1.29 is 8.42 Å². The quantitative estimate of drug-likeness (QED) is 0.854. The molecule has 1 aliphatic heterocycles. The monoisotopic (exact) mass is 283 g/mol. The molecule has 2 rings (SSSR count). The number of hydrogen-bond donors (Lipinski definition) is 1. The maximum atomic E-state index is 12.7. The van der Waals surface area contributed by atoms with Crippen LogP contribution in [0.15, 0.2) is 18.2 Å². The highest BCUT2D eigenvalue weighted by Crippen LogP contribution is 2.36. The number of anilines is 2. The molecule has 19 heavy (non-hydrogen) atoms. The summed E-state index contributed by atoms with van der Waals surface area (Å²) < 4.78 is 28.4. The smallest absolute Gasteiger partial charge is 0.304 e. The number of fused-ring (bicyclic) bond motifs is 1. The van der Waals surface area contributed by atoms with Crippen LogP contribution >= 0.6 is 0 Å². The Balaban J connectivity index is 2.47. The van der Waals surface area contributed by atoms with Crippen molar-refractivity contribution in [3.63, 3.8) is 0 Å². The van der Waals surface area contributed by atoms with E-state index in [0.29, 0.717) is 25.2 Å². The van der Waals surface area contributed by atoms with Crippen molar-refractivity contribution in [2.45, 2.75) is 33.2 Å². The maximum Gasteiger partial charge on any atom is 0.304 e. The zero-order valence-electron chi connectivity index (χ0n) is 11.6. The van der Waals surface area contributed by atoms with Gasteiger partial charge in [-0.05, 0) is 37.1 Å². The second-order valence-corrected chi connectivity index (χ2v) is 6.63. The molecule has 0 aromatic heterocycles. The Morgan fingerprint density at radius 3 is 2.58 bits per heavy atom. The van der Waals surface area contributed by atoms with E-state index in [9.17, 15) is 8.42 Å². The van der Waals surface area contributed by atoms with E-state index >= 15 is 0 Å². The highest BCUT2D eigenvalue weighted by atomic mass is 32.2.